The number of halogens is 2. The molecular weight excluding hydrogens is 371 g/mol. The van der Waals surface area contributed by atoms with Crippen molar-refractivity contribution in [2.45, 2.75) is 64.2 Å². The van der Waals surface area contributed by atoms with E-state index in [1.54, 1.807) is 0 Å². The monoisotopic (exact) mass is 399 g/mol. The molecule has 0 nitrogen and oxygen atoms in total. The van der Waals surface area contributed by atoms with E-state index >= 15 is 0 Å². The molecule has 2 heteroatoms. The van der Waals surface area contributed by atoms with Crippen molar-refractivity contribution in [3.63, 3.8) is 0 Å². The topological polar surface area (TPSA) is 0 Å². The van der Waals surface area contributed by atoms with Gasteiger partial charge in [-0.05, 0) is 61.1 Å². The highest BCUT2D eigenvalue weighted by molar-refractivity contribution is 6.42. The van der Waals surface area contributed by atoms with Crippen molar-refractivity contribution in [2.24, 2.45) is 0 Å². The lowest BCUT2D eigenvalue weighted by Gasteiger charge is -2.13. The van der Waals surface area contributed by atoms with Crippen molar-refractivity contribution in [1.82, 2.24) is 0 Å². The Kier molecular flexibility index (Phi) is 9.82. The summed E-state index contributed by atoms with van der Waals surface area (Å²) in [6.07, 6.45) is 9.73. The van der Waals surface area contributed by atoms with Gasteiger partial charge in [-0.2, -0.15) is 0 Å². The normalized spacial score (nSPS) is 11.7. The predicted octanol–water partition coefficient (Wildman–Crippen LogP) is 8.26. The van der Waals surface area contributed by atoms with Crippen LogP contribution in [0.25, 0.3) is 0 Å². The summed E-state index contributed by atoms with van der Waals surface area (Å²) in [4.78, 5) is 0. The molecule has 2 rings (SSSR count). The molecule has 27 heavy (non-hydrogen) atoms. The Balaban J connectivity index is 1.79. The van der Waals surface area contributed by atoms with E-state index in [1.807, 2.05) is 18.2 Å². The molecule has 0 aliphatic carbocycles. The lowest BCUT2D eigenvalue weighted by Crippen LogP contribution is -1.99. The molecule has 0 amide bonds. The maximum absolute atomic E-state index is 6.11. The minimum absolute atomic E-state index is 0.143. The SMILES string of the molecule is [CH2]C(Cc1ccc(C#CCCCCCCCC)cc1)c1ccc(Cl)c(Cl)c1. The van der Waals surface area contributed by atoms with Crippen LogP contribution in [0.4, 0.5) is 0 Å². The van der Waals surface area contributed by atoms with E-state index in [0.29, 0.717) is 10.0 Å². The van der Waals surface area contributed by atoms with E-state index in [1.165, 1.54) is 44.1 Å². The first-order valence-electron chi connectivity index (χ1n) is 9.96. The van der Waals surface area contributed by atoms with Gasteiger partial charge in [0.25, 0.3) is 0 Å². The summed E-state index contributed by atoms with van der Waals surface area (Å²) >= 11 is 12.1. The first-order chi connectivity index (χ1) is 13.1. The first kappa shape index (κ1) is 21.9. The van der Waals surface area contributed by atoms with Crippen LogP contribution in [-0.4, -0.2) is 0 Å². The second-order valence-electron chi connectivity index (χ2n) is 7.09. The van der Waals surface area contributed by atoms with Crippen molar-refractivity contribution < 1.29 is 0 Å². The van der Waals surface area contributed by atoms with E-state index in [2.05, 4.69) is 50.0 Å². The molecule has 0 spiro atoms. The van der Waals surface area contributed by atoms with Crippen molar-refractivity contribution >= 4 is 23.2 Å². The summed E-state index contributed by atoms with van der Waals surface area (Å²) < 4.78 is 0. The van der Waals surface area contributed by atoms with Gasteiger partial charge in [-0.3, -0.25) is 0 Å². The third kappa shape index (κ3) is 8.00. The van der Waals surface area contributed by atoms with Crippen LogP contribution >= 0.6 is 23.2 Å². The van der Waals surface area contributed by atoms with E-state index in [0.717, 1.165) is 24.0 Å². The molecule has 0 aliphatic rings. The fourth-order valence-electron chi connectivity index (χ4n) is 3.05. The summed E-state index contributed by atoms with van der Waals surface area (Å²) in [5.41, 5.74) is 3.44. The molecule has 0 aromatic heterocycles. The number of benzene rings is 2. The Morgan fingerprint density at radius 2 is 1.59 bits per heavy atom. The smallest absolute Gasteiger partial charge is 0.0595 e. The molecule has 143 valence electrons. The maximum Gasteiger partial charge on any atom is 0.0595 e. The maximum atomic E-state index is 6.11. The van der Waals surface area contributed by atoms with Crippen LogP contribution in [-0.2, 0) is 6.42 Å². The molecule has 0 aliphatic heterocycles. The van der Waals surface area contributed by atoms with Crippen LogP contribution in [0.3, 0.4) is 0 Å². The summed E-state index contributed by atoms with van der Waals surface area (Å²) in [5, 5.41) is 1.16. The molecular formula is C25H29Cl2. The van der Waals surface area contributed by atoms with Gasteiger partial charge in [0.2, 0.25) is 0 Å². The van der Waals surface area contributed by atoms with Crippen molar-refractivity contribution in [2.75, 3.05) is 0 Å². The average molecular weight is 400 g/mol. The van der Waals surface area contributed by atoms with Crippen LogP contribution in [0.5, 0.6) is 0 Å². The molecule has 1 radical (unpaired) electrons. The summed E-state index contributed by atoms with van der Waals surface area (Å²) in [7, 11) is 0. The van der Waals surface area contributed by atoms with Crippen LogP contribution in [0.15, 0.2) is 42.5 Å². The Morgan fingerprint density at radius 1 is 0.889 bits per heavy atom. The molecule has 0 bridgehead atoms. The molecule has 0 saturated carbocycles. The molecule has 0 N–H and O–H groups in total. The minimum Gasteiger partial charge on any atom is -0.0979 e. The lowest BCUT2D eigenvalue weighted by atomic mass is 9.93. The van der Waals surface area contributed by atoms with Gasteiger partial charge < -0.3 is 0 Å². The quantitative estimate of drug-likeness (QED) is 0.294. The van der Waals surface area contributed by atoms with E-state index in [4.69, 9.17) is 23.2 Å². The minimum atomic E-state index is 0.143. The number of rotatable bonds is 9. The molecule has 2 aromatic carbocycles. The third-order valence-corrected chi connectivity index (χ3v) is 5.48. The van der Waals surface area contributed by atoms with E-state index in [9.17, 15) is 0 Å². The van der Waals surface area contributed by atoms with Crippen molar-refractivity contribution in [3.8, 4) is 11.8 Å². The fraction of sp³-hybridized carbons (Fsp3) is 0.400. The van der Waals surface area contributed by atoms with Crippen LogP contribution in [0.2, 0.25) is 10.0 Å². The van der Waals surface area contributed by atoms with Crippen molar-refractivity contribution in [3.05, 3.63) is 76.1 Å². The van der Waals surface area contributed by atoms with Crippen LogP contribution < -0.4 is 0 Å². The van der Waals surface area contributed by atoms with Crippen LogP contribution in [0.1, 0.15) is 74.5 Å². The Bertz CT molecular complexity index is 750. The van der Waals surface area contributed by atoms with Gasteiger partial charge in [-0.1, -0.05) is 92.3 Å². The molecule has 2 aromatic rings. The van der Waals surface area contributed by atoms with E-state index in [-0.39, 0.29) is 5.92 Å². The highest BCUT2D eigenvalue weighted by atomic mass is 35.5. The fourth-order valence-corrected chi connectivity index (χ4v) is 3.36. The third-order valence-electron chi connectivity index (χ3n) is 4.74. The van der Waals surface area contributed by atoms with Gasteiger partial charge in [-0.25, -0.2) is 0 Å². The Morgan fingerprint density at radius 3 is 2.30 bits per heavy atom. The summed E-state index contributed by atoms with van der Waals surface area (Å²) in [6, 6.07) is 14.2. The lowest BCUT2D eigenvalue weighted by molar-refractivity contribution is 0.614. The Labute approximate surface area is 175 Å². The molecule has 0 saturated heterocycles. The highest BCUT2D eigenvalue weighted by Gasteiger charge is 2.09. The zero-order chi connectivity index (χ0) is 19.5. The van der Waals surface area contributed by atoms with Gasteiger partial charge >= 0.3 is 0 Å². The molecule has 0 fully saturated rings. The van der Waals surface area contributed by atoms with Crippen molar-refractivity contribution in [1.29, 1.82) is 0 Å². The predicted molar refractivity (Wildman–Crippen MR) is 120 cm³/mol. The summed E-state index contributed by atoms with van der Waals surface area (Å²) in [5.74, 6) is 6.72. The second-order valence-corrected chi connectivity index (χ2v) is 7.91. The van der Waals surface area contributed by atoms with Gasteiger partial charge in [0.05, 0.1) is 10.0 Å². The first-order valence-corrected chi connectivity index (χ1v) is 10.7. The zero-order valence-corrected chi connectivity index (χ0v) is 17.8. The number of unbranched alkanes of at least 4 members (excludes halogenated alkanes) is 6. The number of hydrogen-bond donors (Lipinski definition) is 0. The Hall–Kier alpha value is -1.42. The molecule has 1 atom stereocenters. The standard InChI is InChI=1S/C25H29Cl2/c1-3-4-5-6-7-8-9-10-11-21-12-14-22(15-13-21)18-20(2)23-16-17-24(26)25(27)19-23/h12-17,19-20H,2-9,18H2,1H3. The average Bonchev–Trinajstić information content (AvgIpc) is 2.67. The van der Waals surface area contributed by atoms with Gasteiger partial charge in [0, 0.05) is 12.0 Å². The van der Waals surface area contributed by atoms with Gasteiger partial charge in [-0.15, -0.1) is 0 Å². The molecule has 0 heterocycles. The van der Waals surface area contributed by atoms with E-state index < -0.39 is 0 Å². The van der Waals surface area contributed by atoms with Gasteiger partial charge in [0.15, 0.2) is 0 Å². The molecule has 1 unspecified atom stereocenters. The largest absolute Gasteiger partial charge is 0.0979 e. The van der Waals surface area contributed by atoms with Gasteiger partial charge in [0.1, 0.15) is 0 Å². The van der Waals surface area contributed by atoms with Crippen LogP contribution in [0, 0.1) is 18.8 Å². The second kappa shape index (κ2) is 12.1. The summed E-state index contributed by atoms with van der Waals surface area (Å²) in [6.45, 7) is 6.51. The number of hydrogen-bond acceptors (Lipinski definition) is 0. The zero-order valence-electron chi connectivity index (χ0n) is 16.2. The highest BCUT2D eigenvalue weighted by Crippen LogP contribution is 2.28.